The van der Waals surface area contributed by atoms with Crippen molar-refractivity contribution >= 4 is 6.29 Å². The van der Waals surface area contributed by atoms with Gasteiger partial charge in [0, 0.05) is 5.56 Å². The van der Waals surface area contributed by atoms with Gasteiger partial charge in [-0.25, -0.2) is 0 Å². The number of carbonyl (C=O) groups excluding carboxylic acids is 1. The lowest BCUT2D eigenvalue weighted by molar-refractivity contribution is 0.112. The molecule has 2 aromatic carbocycles. The second kappa shape index (κ2) is 13.1. The largest absolute Gasteiger partial charge is 0.494 e. The molecule has 0 spiro atoms. The Hall–Kier alpha value is -2.09. The quantitative estimate of drug-likeness (QED) is 0.256. The molecule has 0 fully saturated rings. The molecule has 0 saturated carbocycles. The zero-order valence-corrected chi connectivity index (χ0v) is 16.8. The van der Waals surface area contributed by atoms with Crippen LogP contribution in [0, 0.1) is 0 Å². The third-order valence-electron chi connectivity index (χ3n) is 5.00. The van der Waals surface area contributed by atoms with Crippen molar-refractivity contribution in [3.05, 3.63) is 54.1 Å². The van der Waals surface area contributed by atoms with Gasteiger partial charge < -0.3 is 4.74 Å². The Labute approximate surface area is 165 Å². The van der Waals surface area contributed by atoms with E-state index < -0.39 is 0 Å². The predicted molar refractivity (Wildman–Crippen MR) is 115 cm³/mol. The van der Waals surface area contributed by atoms with Gasteiger partial charge in [0.15, 0.2) is 0 Å². The molecule has 0 aliphatic heterocycles. The second-order valence-corrected chi connectivity index (χ2v) is 7.29. The molecule has 0 unspecified atom stereocenters. The minimum atomic E-state index is 0.704. The van der Waals surface area contributed by atoms with Crippen LogP contribution in [0.2, 0.25) is 0 Å². The monoisotopic (exact) mass is 366 g/mol. The van der Waals surface area contributed by atoms with Gasteiger partial charge in [0.2, 0.25) is 0 Å². The van der Waals surface area contributed by atoms with Crippen molar-refractivity contribution in [3.63, 3.8) is 0 Å². The fraction of sp³-hybridized carbons (Fsp3) is 0.480. The highest BCUT2D eigenvalue weighted by Gasteiger charge is 2.00. The first-order valence-electron chi connectivity index (χ1n) is 10.6. The normalized spacial score (nSPS) is 10.7. The van der Waals surface area contributed by atoms with E-state index in [9.17, 15) is 4.79 Å². The average molecular weight is 367 g/mol. The van der Waals surface area contributed by atoms with E-state index in [0.717, 1.165) is 36.2 Å². The second-order valence-electron chi connectivity index (χ2n) is 7.29. The summed E-state index contributed by atoms with van der Waals surface area (Å²) in [6, 6.07) is 15.8. The SMILES string of the molecule is CCCCCCCCCCCCOc1ccc(-c2ccc(C=O)cc2)cc1. The molecule has 2 aromatic rings. The maximum Gasteiger partial charge on any atom is 0.150 e. The van der Waals surface area contributed by atoms with Gasteiger partial charge in [-0.05, 0) is 29.7 Å². The van der Waals surface area contributed by atoms with Gasteiger partial charge in [-0.2, -0.15) is 0 Å². The first kappa shape index (κ1) is 21.2. The van der Waals surface area contributed by atoms with Gasteiger partial charge >= 0.3 is 0 Å². The molecule has 0 heterocycles. The van der Waals surface area contributed by atoms with Gasteiger partial charge in [0.1, 0.15) is 12.0 Å². The van der Waals surface area contributed by atoms with Crippen LogP contribution in [-0.2, 0) is 0 Å². The number of hydrogen-bond acceptors (Lipinski definition) is 2. The summed E-state index contributed by atoms with van der Waals surface area (Å²) in [6.07, 6.45) is 14.3. The first-order chi connectivity index (χ1) is 13.3. The topological polar surface area (TPSA) is 26.3 Å². The molecular formula is C25H34O2. The number of ether oxygens (including phenoxy) is 1. The van der Waals surface area contributed by atoms with Crippen molar-refractivity contribution < 1.29 is 9.53 Å². The molecule has 0 atom stereocenters. The van der Waals surface area contributed by atoms with Crippen LogP contribution in [0.5, 0.6) is 5.75 Å². The van der Waals surface area contributed by atoms with Gasteiger partial charge in [-0.3, -0.25) is 4.79 Å². The number of hydrogen-bond donors (Lipinski definition) is 0. The lowest BCUT2D eigenvalue weighted by Crippen LogP contribution is -1.97. The highest BCUT2D eigenvalue weighted by atomic mass is 16.5. The maximum absolute atomic E-state index is 10.7. The van der Waals surface area contributed by atoms with Crippen molar-refractivity contribution in [2.75, 3.05) is 6.61 Å². The molecule has 0 saturated heterocycles. The van der Waals surface area contributed by atoms with E-state index in [1.807, 2.05) is 36.4 Å². The molecular weight excluding hydrogens is 332 g/mol. The number of carbonyl (C=O) groups is 1. The van der Waals surface area contributed by atoms with E-state index >= 15 is 0 Å². The first-order valence-corrected chi connectivity index (χ1v) is 10.6. The Balaban J connectivity index is 1.57. The van der Waals surface area contributed by atoms with Gasteiger partial charge in [-0.15, -0.1) is 0 Å². The molecule has 0 aromatic heterocycles. The predicted octanol–water partition coefficient (Wildman–Crippen LogP) is 7.47. The van der Waals surface area contributed by atoms with E-state index in [0.29, 0.717) is 5.56 Å². The van der Waals surface area contributed by atoms with E-state index in [1.54, 1.807) is 0 Å². The van der Waals surface area contributed by atoms with Gasteiger partial charge in [0.25, 0.3) is 0 Å². The number of benzene rings is 2. The molecule has 27 heavy (non-hydrogen) atoms. The summed E-state index contributed by atoms with van der Waals surface area (Å²) in [4.78, 5) is 10.7. The minimum absolute atomic E-state index is 0.704. The highest BCUT2D eigenvalue weighted by molar-refractivity contribution is 5.76. The molecule has 146 valence electrons. The highest BCUT2D eigenvalue weighted by Crippen LogP contribution is 2.23. The summed E-state index contributed by atoms with van der Waals surface area (Å²) in [5, 5.41) is 0. The van der Waals surface area contributed by atoms with Crippen molar-refractivity contribution in [1.82, 2.24) is 0 Å². The van der Waals surface area contributed by atoms with Gasteiger partial charge in [0.05, 0.1) is 6.61 Å². The summed E-state index contributed by atoms with van der Waals surface area (Å²) < 4.78 is 5.86. The third kappa shape index (κ3) is 8.43. The molecule has 0 aliphatic carbocycles. The van der Waals surface area contributed by atoms with Crippen LogP contribution in [0.25, 0.3) is 11.1 Å². The van der Waals surface area contributed by atoms with Crippen molar-refractivity contribution in [2.45, 2.75) is 71.1 Å². The standard InChI is InChI=1S/C25H34O2/c1-2-3-4-5-6-7-8-9-10-11-20-27-25-18-16-24(17-19-25)23-14-12-22(21-26)13-15-23/h12-19,21H,2-11,20H2,1H3. The Morgan fingerprint density at radius 3 is 1.67 bits per heavy atom. The van der Waals surface area contributed by atoms with Crippen LogP contribution in [0.3, 0.4) is 0 Å². The number of rotatable bonds is 14. The molecule has 0 bridgehead atoms. The van der Waals surface area contributed by atoms with Crippen LogP contribution < -0.4 is 4.74 Å². The molecule has 2 rings (SSSR count). The number of unbranched alkanes of at least 4 members (excludes halogenated alkanes) is 9. The third-order valence-corrected chi connectivity index (χ3v) is 5.00. The molecule has 0 aliphatic rings. The van der Waals surface area contributed by atoms with E-state index in [1.165, 1.54) is 57.8 Å². The Kier molecular flexibility index (Phi) is 10.3. The molecule has 0 N–H and O–H groups in total. The van der Waals surface area contributed by atoms with Crippen LogP contribution in [0.4, 0.5) is 0 Å². The van der Waals surface area contributed by atoms with E-state index in [-0.39, 0.29) is 0 Å². The zero-order chi connectivity index (χ0) is 19.2. The summed E-state index contributed by atoms with van der Waals surface area (Å²) in [5.74, 6) is 0.930. The molecule has 0 amide bonds. The Bertz CT molecular complexity index is 628. The zero-order valence-electron chi connectivity index (χ0n) is 16.8. The molecule has 2 nitrogen and oxygen atoms in total. The van der Waals surface area contributed by atoms with Gasteiger partial charge in [-0.1, -0.05) is 101 Å². The van der Waals surface area contributed by atoms with Crippen LogP contribution >= 0.6 is 0 Å². The van der Waals surface area contributed by atoms with Crippen LogP contribution in [0.15, 0.2) is 48.5 Å². The molecule has 0 radical (unpaired) electrons. The minimum Gasteiger partial charge on any atom is -0.494 e. The van der Waals surface area contributed by atoms with Crippen molar-refractivity contribution in [1.29, 1.82) is 0 Å². The van der Waals surface area contributed by atoms with Crippen LogP contribution in [0.1, 0.15) is 81.5 Å². The fourth-order valence-corrected chi connectivity index (χ4v) is 3.28. The number of aldehydes is 1. The van der Waals surface area contributed by atoms with Crippen molar-refractivity contribution in [2.24, 2.45) is 0 Å². The Morgan fingerprint density at radius 2 is 1.15 bits per heavy atom. The summed E-state index contributed by atoms with van der Waals surface area (Å²) >= 11 is 0. The van der Waals surface area contributed by atoms with Crippen molar-refractivity contribution in [3.8, 4) is 16.9 Å². The molecule has 2 heteroatoms. The smallest absolute Gasteiger partial charge is 0.150 e. The lowest BCUT2D eigenvalue weighted by Gasteiger charge is -2.08. The average Bonchev–Trinajstić information content (AvgIpc) is 2.72. The summed E-state index contributed by atoms with van der Waals surface area (Å²) in [6.45, 7) is 3.06. The van der Waals surface area contributed by atoms with Crippen LogP contribution in [-0.4, -0.2) is 12.9 Å². The van der Waals surface area contributed by atoms with E-state index in [2.05, 4.69) is 19.1 Å². The summed E-state index contributed by atoms with van der Waals surface area (Å²) in [7, 11) is 0. The maximum atomic E-state index is 10.7. The summed E-state index contributed by atoms with van der Waals surface area (Å²) in [5.41, 5.74) is 2.95. The fourth-order valence-electron chi connectivity index (χ4n) is 3.28. The van der Waals surface area contributed by atoms with E-state index in [4.69, 9.17) is 4.74 Å². The Morgan fingerprint density at radius 1 is 0.667 bits per heavy atom. The lowest BCUT2D eigenvalue weighted by atomic mass is 10.0.